The van der Waals surface area contributed by atoms with Crippen LogP contribution in [-0.4, -0.2) is 57.5 Å². The van der Waals surface area contributed by atoms with E-state index in [4.69, 9.17) is 27.9 Å². The fourth-order valence-corrected chi connectivity index (χ4v) is 8.05. The summed E-state index contributed by atoms with van der Waals surface area (Å²) < 4.78 is 5.56. The third-order valence-electron chi connectivity index (χ3n) is 8.93. The van der Waals surface area contributed by atoms with Crippen LogP contribution < -0.4 is 9.64 Å². The molecule has 8 nitrogen and oxygen atoms in total. The summed E-state index contributed by atoms with van der Waals surface area (Å²) in [4.78, 5) is 53.2. The van der Waals surface area contributed by atoms with Gasteiger partial charge in [0.25, 0.3) is 11.8 Å². The number of phenolic OH excluding ortho intramolecular Hbond substituents is 1. The number of anilines is 1. The molecule has 4 amide bonds. The van der Waals surface area contributed by atoms with E-state index in [9.17, 15) is 24.3 Å². The second-order valence-electron chi connectivity index (χ2n) is 10.7. The van der Waals surface area contributed by atoms with E-state index in [1.54, 1.807) is 36.4 Å². The van der Waals surface area contributed by atoms with Gasteiger partial charge in [-0.15, -0.1) is 23.2 Å². The molecule has 6 unspecified atom stereocenters. The first-order chi connectivity index (χ1) is 19.0. The van der Waals surface area contributed by atoms with Gasteiger partial charge in [-0.25, -0.2) is 0 Å². The Hall–Kier alpha value is -3.62. The number of fused-ring (bicyclic) bond motifs is 4. The standard InChI is InChI=1S/C30H26Cl2N2O6/c1-4-15-5-7-16(8-6-15)34-25(36)20-12-11-18-21(23(20)26(34)37)14-29(31)27(38)33(2)28(39)30(29,32)24(18)19-10-9-17(35)13-22(19)40-3/h4-11,13,20-21,23-24,35H,1,12,14H2,2-3H3. The van der Waals surface area contributed by atoms with Crippen molar-refractivity contribution in [3.8, 4) is 11.5 Å². The first-order valence-corrected chi connectivity index (χ1v) is 13.6. The predicted octanol–water partition coefficient (Wildman–Crippen LogP) is 4.24. The Labute approximate surface area is 240 Å². The molecule has 0 radical (unpaired) electrons. The summed E-state index contributed by atoms with van der Waals surface area (Å²) >= 11 is 14.4. The molecule has 4 aliphatic rings. The summed E-state index contributed by atoms with van der Waals surface area (Å²) in [7, 11) is 2.75. The van der Waals surface area contributed by atoms with Crippen molar-refractivity contribution >= 4 is 58.6 Å². The van der Waals surface area contributed by atoms with E-state index in [0.717, 1.165) is 10.5 Å². The van der Waals surface area contributed by atoms with Crippen molar-refractivity contribution in [1.29, 1.82) is 0 Å². The molecule has 2 aliphatic heterocycles. The Balaban J connectivity index is 1.52. The van der Waals surface area contributed by atoms with E-state index in [1.165, 1.54) is 31.2 Å². The molecule has 2 heterocycles. The lowest BCUT2D eigenvalue weighted by Gasteiger charge is -2.51. The fourth-order valence-electron chi connectivity index (χ4n) is 7.04. The molecule has 2 aliphatic carbocycles. The highest BCUT2D eigenvalue weighted by Gasteiger charge is 2.76. The molecule has 2 aromatic carbocycles. The number of hydrogen-bond donors (Lipinski definition) is 1. The highest BCUT2D eigenvalue weighted by molar-refractivity contribution is 6.53. The zero-order valence-electron chi connectivity index (χ0n) is 21.8. The number of phenols is 1. The Morgan fingerprint density at radius 3 is 2.38 bits per heavy atom. The molecule has 0 bridgehead atoms. The van der Waals surface area contributed by atoms with E-state index < -0.39 is 45.2 Å². The van der Waals surface area contributed by atoms with E-state index >= 15 is 0 Å². The first kappa shape index (κ1) is 26.6. The highest BCUT2D eigenvalue weighted by atomic mass is 35.5. The van der Waals surface area contributed by atoms with Crippen molar-refractivity contribution in [3.05, 3.63) is 71.8 Å². The van der Waals surface area contributed by atoms with Crippen molar-refractivity contribution in [2.24, 2.45) is 17.8 Å². The number of amides is 4. The van der Waals surface area contributed by atoms with Crippen LogP contribution in [0.4, 0.5) is 5.69 Å². The summed E-state index contributed by atoms with van der Waals surface area (Å²) in [5.74, 6) is -4.92. The molecular formula is C30H26Cl2N2O6. The second-order valence-corrected chi connectivity index (χ2v) is 12.0. The number of aromatic hydroxyl groups is 1. The van der Waals surface area contributed by atoms with Crippen LogP contribution in [0.15, 0.2) is 60.7 Å². The number of rotatable bonds is 4. The Morgan fingerprint density at radius 1 is 1.02 bits per heavy atom. The highest BCUT2D eigenvalue weighted by Crippen LogP contribution is 2.66. The van der Waals surface area contributed by atoms with Crippen LogP contribution in [-0.2, 0) is 19.2 Å². The molecule has 3 fully saturated rings. The lowest BCUT2D eigenvalue weighted by molar-refractivity contribution is -0.138. The Kier molecular flexibility index (Phi) is 5.95. The van der Waals surface area contributed by atoms with E-state index in [-0.39, 0.29) is 36.2 Å². The maximum Gasteiger partial charge on any atom is 0.253 e. The number of carbonyl (C=O) groups is 4. The maximum atomic E-state index is 14.0. The number of carbonyl (C=O) groups excluding carboxylic acids is 4. The van der Waals surface area contributed by atoms with Gasteiger partial charge in [0.2, 0.25) is 11.8 Å². The summed E-state index contributed by atoms with van der Waals surface area (Å²) in [5.41, 5.74) is 2.39. The second kappa shape index (κ2) is 8.94. The molecular weight excluding hydrogens is 555 g/mol. The monoisotopic (exact) mass is 580 g/mol. The molecule has 40 heavy (non-hydrogen) atoms. The number of hydrogen-bond acceptors (Lipinski definition) is 6. The van der Waals surface area contributed by atoms with Crippen LogP contribution in [0.2, 0.25) is 0 Å². The normalized spacial score (nSPS) is 33.0. The molecule has 10 heteroatoms. The minimum absolute atomic E-state index is 0.0629. The fraction of sp³-hybridized carbons (Fsp3) is 0.333. The van der Waals surface area contributed by atoms with Crippen molar-refractivity contribution in [3.63, 3.8) is 0 Å². The van der Waals surface area contributed by atoms with Gasteiger partial charge in [-0.05, 0) is 42.5 Å². The number of alkyl halides is 2. The van der Waals surface area contributed by atoms with Gasteiger partial charge < -0.3 is 9.84 Å². The summed E-state index contributed by atoms with van der Waals surface area (Å²) in [5, 5.41) is 10.1. The van der Waals surface area contributed by atoms with Gasteiger partial charge in [-0.1, -0.05) is 42.5 Å². The minimum Gasteiger partial charge on any atom is -0.508 e. The zero-order valence-corrected chi connectivity index (χ0v) is 23.3. The molecule has 0 aromatic heterocycles. The van der Waals surface area contributed by atoms with E-state index in [2.05, 4.69) is 6.58 Å². The summed E-state index contributed by atoms with van der Waals surface area (Å²) in [6.07, 6.45) is 3.68. The van der Waals surface area contributed by atoms with Gasteiger partial charge in [0.1, 0.15) is 11.5 Å². The third-order valence-corrected chi connectivity index (χ3v) is 10.3. The number of halogens is 2. The maximum absolute atomic E-state index is 14.0. The van der Waals surface area contributed by atoms with Gasteiger partial charge in [0, 0.05) is 24.6 Å². The van der Waals surface area contributed by atoms with Crippen molar-refractivity contribution in [2.75, 3.05) is 19.1 Å². The lowest BCUT2D eigenvalue weighted by atomic mass is 9.56. The average Bonchev–Trinajstić information content (AvgIpc) is 3.28. The zero-order chi connectivity index (χ0) is 28.7. The molecule has 206 valence electrons. The van der Waals surface area contributed by atoms with Crippen molar-refractivity contribution < 1.29 is 29.0 Å². The molecule has 2 saturated heterocycles. The van der Waals surface area contributed by atoms with Crippen LogP contribution in [0.5, 0.6) is 11.5 Å². The van der Waals surface area contributed by atoms with E-state index in [0.29, 0.717) is 16.8 Å². The number of imide groups is 2. The van der Waals surface area contributed by atoms with Gasteiger partial charge in [-0.2, -0.15) is 0 Å². The van der Waals surface area contributed by atoms with Gasteiger partial charge in [0.05, 0.1) is 24.6 Å². The van der Waals surface area contributed by atoms with Gasteiger partial charge in [-0.3, -0.25) is 29.0 Å². The van der Waals surface area contributed by atoms with Gasteiger partial charge in [0.15, 0.2) is 9.75 Å². The Bertz CT molecular complexity index is 1540. The smallest absolute Gasteiger partial charge is 0.253 e. The number of methoxy groups -OCH3 is 1. The number of ether oxygens (including phenoxy) is 1. The van der Waals surface area contributed by atoms with Gasteiger partial charge >= 0.3 is 0 Å². The van der Waals surface area contributed by atoms with Crippen LogP contribution >= 0.6 is 23.2 Å². The number of allylic oxidation sites excluding steroid dienone is 2. The number of nitrogens with zero attached hydrogens (tertiary/aromatic N) is 2. The first-order valence-electron chi connectivity index (χ1n) is 12.9. The van der Waals surface area contributed by atoms with Crippen molar-refractivity contribution in [1.82, 2.24) is 4.90 Å². The van der Waals surface area contributed by atoms with E-state index in [1.807, 2.05) is 6.08 Å². The molecule has 1 N–H and O–H groups in total. The molecule has 6 atom stereocenters. The topological polar surface area (TPSA) is 104 Å². The minimum atomic E-state index is -1.92. The van der Waals surface area contributed by atoms with Crippen LogP contribution in [0.25, 0.3) is 6.08 Å². The predicted molar refractivity (Wildman–Crippen MR) is 149 cm³/mol. The van der Waals surface area contributed by atoms with Crippen LogP contribution in [0.3, 0.4) is 0 Å². The van der Waals surface area contributed by atoms with Crippen LogP contribution in [0, 0.1) is 17.8 Å². The third kappa shape index (κ3) is 3.26. The summed E-state index contributed by atoms with van der Waals surface area (Å²) in [6.45, 7) is 3.74. The molecule has 1 saturated carbocycles. The Morgan fingerprint density at radius 2 is 1.73 bits per heavy atom. The SMILES string of the molecule is C=Cc1ccc(N2C(=O)C3CC=C4C(CC5(Cl)C(=O)N(C)C(=O)C5(Cl)C4c4ccc(O)cc4OC)C3C2=O)cc1. The molecule has 0 spiro atoms. The van der Waals surface area contributed by atoms with Crippen molar-refractivity contribution in [2.45, 2.75) is 28.5 Å². The summed E-state index contributed by atoms with van der Waals surface area (Å²) in [6, 6.07) is 11.4. The number of benzene rings is 2. The molecule has 6 rings (SSSR count). The number of likely N-dealkylation sites (tertiary alicyclic amines) is 1. The average molecular weight is 581 g/mol. The quantitative estimate of drug-likeness (QED) is 0.329. The van der Waals surface area contributed by atoms with Crippen LogP contribution in [0.1, 0.15) is 29.9 Å². The molecule has 2 aromatic rings. The lowest BCUT2D eigenvalue weighted by Crippen LogP contribution is -2.60. The largest absolute Gasteiger partial charge is 0.508 e.